The van der Waals surface area contributed by atoms with Crippen molar-refractivity contribution < 1.29 is 9.59 Å². The van der Waals surface area contributed by atoms with Crippen LogP contribution in [0.15, 0.2) is 42.7 Å². The Kier molecular flexibility index (Phi) is 6.54. The summed E-state index contributed by atoms with van der Waals surface area (Å²) in [5, 5.41) is 9.78. The van der Waals surface area contributed by atoms with Crippen LogP contribution in [0, 0.1) is 0 Å². The van der Waals surface area contributed by atoms with Crippen molar-refractivity contribution in [3.05, 3.63) is 42.7 Å². The minimum Gasteiger partial charge on any atom is -0.326 e. The second kappa shape index (κ2) is 8.86. The van der Waals surface area contributed by atoms with E-state index in [0.29, 0.717) is 17.8 Å². The maximum absolute atomic E-state index is 12.3. The van der Waals surface area contributed by atoms with E-state index >= 15 is 0 Å². The molecule has 6 nitrogen and oxygen atoms in total. The topological polar surface area (TPSA) is 76.0 Å². The number of nitrogens with one attached hydrogen (secondary N) is 2. The highest BCUT2D eigenvalue weighted by Crippen LogP contribution is 2.17. The molecule has 6 heteroatoms. The molecule has 1 unspecified atom stereocenters. The van der Waals surface area contributed by atoms with Crippen LogP contribution in [0.5, 0.6) is 0 Å². The Morgan fingerprint density at radius 1 is 1.17 bits per heavy atom. The van der Waals surface area contributed by atoms with Crippen LogP contribution in [0.1, 0.15) is 45.6 Å². The molecule has 2 N–H and O–H groups in total. The number of amides is 2. The fraction of sp³-hybridized carbons (Fsp3) is 0.389. The first kappa shape index (κ1) is 17.7. The van der Waals surface area contributed by atoms with E-state index in [9.17, 15) is 9.59 Å². The summed E-state index contributed by atoms with van der Waals surface area (Å²) in [4.78, 5) is 24.1. The smallest absolute Gasteiger partial charge is 0.248 e. The van der Waals surface area contributed by atoms with Gasteiger partial charge in [0.25, 0.3) is 0 Å². The summed E-state index contributed by atoms with van der Waals surface area (Å²) in [6, 6.07) is 8.53. The number of carbonyl (C=O) groups is 2. The van der Waals surface area contributed by atoms with Crippen LogP contribution in [-0.4, -0.2) is 21.6 Å². The van der Waals surface area contributed by atoms with Gasteiger partial charge in [-0.2, -0.15) is 5.10 Å². The molecule has 1 atom stereocenters. The average molecular weight is 328 g/mol. The van der Waals surface area contributed by atoms with Crippen molar-refractivity contribution in [2.75, 3.05) is 10.6 Å². The first-order valence-electron chi connectivity index (χ1n) is 8.30. The van der Waals surface area contributed by atoms with Gasteiger partial charge >= 0.3 is 0 Å². The molecule has 128 valence electrons. The first-order chi connectivity index (χ1) is 11.6. The summed E-state index contributed by atoms with van der Waals surface area (Å²) < 4.78 is 1.59. The molecule has 2 aromatic rings. The minimum atomic E-state index is -0.410. The van der Waals surface area contributed by atoms with Gasteiger partial charge in [-0.05, 0) is 37.6 Å². The zero-order valence-corrected chi connectivity index (χ0v) is 14.2. The van der Waals surface area contributed by atoms with E-state index in [1.54, 1.807) is 48.3 Å². The molecule has 0 radical (unpaired) electrons. The van der Waals surface area contributed by atoms with Crippen LogP contribution >= 0.6 is 0 Å². The predicted molar refractivity (Wildman–Crippen MR) is 94.8 cm³/mol. The molecule has 0 saturated heterocycles. The lowest BCUT2D eigenvalue weighted by Gasteiger charge is -2.13. The lowest BCUT2D eigenvalue weighted by atomic mass is 10.2. The number of nitrogens with zero attached hydrogens (tertiary/aromatic N) is 2. The average Bonchev–Trinajstić information content (AvgIpc) is 3.09. The molecular weight excluding hydrogens is 304 g/mol. The number of benzene rings is 1. The molecular formula is C18H24N4O2. The van der Waals surface area contributed by atoms with Gasteiger partial charge < -0.3 is 10.6 Å². The van der Waals surface area contributed by atoms with E-state index in [-0.39, 0.29) is 11.8 Å². The number of unbranched alkanes of at least 4 members (excludes halogenated alkanes) is 2. The van der Waals surface area contributed by atoms with Crippen molar-refractivity contribution in [1.29, 1.82) is 0 Å². The van der Waals surface area contributed by atoms with Crippen molar-refractivity contribution in [3.63, 3.8) is 0 Å². The van der Waals surface area contributed by atoms with E-state index < -0.39 is 6.04 Å². The number of hydrogen-bond donors (Lipinski definition) is 2. The molecule has 0 saturated carbocycles. The van der Waals surface area contributed by atoms with Gasteiger partial charge in [0.2, 0.25) is 11.8 Å². The van der Waals surface area contributed by atoms with Crippen LogP contribution in [0.3, 0.4) is 0 Å². The maximum atomic E-state index is 12.3. The van der Waals surface area contributed by atoms with Crippen molar-refractivity contribution in [2.45, 2.75) is 45.6 Å². The Bertz CT molecular complexity index is 667. The van der Waals surface area contributed by atoms with Gasteiger partial charge in [0.1, 0.15) is 6.04 Å². The van der Waals surface area contributed by atoms with Gasteiger partial charge in [0.15, 0.2) is 0 Å². The van der Waals surface area contributed by atoms with Crippen molar-refractivity contribution in [2.24, 2.45) is 0 Å². The Hall–Kier alpha value is -2.63. The number of carbonyl (C=O) groups excluding carboxylic acids is 2. The lowest BCUT2D eigenvalue weighted by Crippen LogP contribution is -2.24. The monoisotopic (exact) mass is 328 g/mol. The largest absolute Gasteiger partial charge is 0.326 e. The third-order valence-corrected chi connectivity index (χ3v) is 3.72. The van der Waals surface area contributed by atoms with Crippen molar-refractivity contribution in [1.82, 2.24) is 9.78 Å². The maximum Gasteiger partial charge on any atom is 0.248 e. The van der Waals surface area contributed by atoms with E-state index in [0.717, 1.165) is 19.3 Å². The summed E-state index contributed by atoms with van der Waals surface area (Å²) in [6.45, 7) is 3.88. The summed E-state index contributed by atoms with van der Waals surface area (Å²) in [5.74, 6) is -0.165. The Labute approximate surface area is 142 Å². The highest BCUT2D eigenvalue weighted by molar-refractivity contribution is 5.95. The molecule has 0 bridgehead atoms. The van der Waals surface area contributed by atoms with E-state index in [4.69, 9.17) is 0 Å². The quantitative estimate of drug-likeness (QED) is 0.727. The van der Waals surface area contributed by atoms with Crippen LogP contribution in [0.2, 0.25) is 0 Å². The van der Waals surface area contributed by atoms with Crippen molar-refractivity contribution in [3.8, 4) is 0 Å². The van der Waals surface area contributed by atoms with Gasteiger partial charge in [0, 0.05) is 30.2 Å². The molecule has 0 fully saturated rings. The fourth-order valence-electron chi connectivity index (χ4n) is 2.31. The zero-order chi connectivity index (χ0) is 17.4. The van der Waals surface area contributed by atoms with Crippen LogP contribution in [0.4, 0.5) is 11.4 Å². The molecule has 0 aliphatic heterocycles. The summed E-state index contributed by atoms with van der Waals surface area (Å²) >= 11 is 0. The lowest BCUT2D eigenvalue weighted by molar-refractivity contribution is -0.119. The second-order valence-electron chi connectivity index (χ2n) is 5.74. The molecule has 0 aliphatic rings. The number of aromatic nitrogens is 2. The Morgan fingerprint density at radius 2 is 1.92 bits per heavy atom. The van der Waals surface area contributed by atoms with E-state index in [1.165, 1.54) is 0 Å². The molecule has 0 spiro atoms. The SMILES string of the molecule is CCCCCC(=O)Nc1cccc(NC(=O)C(C)n2cccn2)c1. The number of hydrogen-bond acceptors (Lipinski definition) is 3. The summed E-state index contributed by atoms with van der Waals surface area (Å²) in [7, 11) is 0. The highest BCUT2D eigenvalue weighted by Gasteiger charge is 2.15. The van der Waals surface area contributed by atoms with E-state index in [1.807, 2.05) is 6.07 Å². The molecule has 1 aromatic heterocycles. The van der Waals surface area contributed by atoms with E-state index in [2.05, 4.69) is 22.7 Å². The van der Waals surface area contributed by atoms with Gasteiger partial charge in [-0.25, -0.2) is 0 Å². The summed E-state index contributed by atoms with van der Waals surface area (Å²) in [6.07, 6.45) is 6.93. The number of anilines is 2. The third-order valence-electron chi connectivity index (χ3n) is 3.72. The number of rotatable bonds is 8. The van der Waals surface area contributed by atoms with Gasteiger partial charge in [-0.1, -0.05) is 25.8 Å². The molecule has 1 aromatic carbocycles. The Balaban J connectivity index is 1.92. The van der Waals surface area contributed by atoms with Gasteiger partial charge in [-0.15, -0.1) is 0 Å². The van der Waals surface area contributed by atoms with Gasteiger partial charge in [0.05, 0.1) is 0 Å². The molecule has 0 aliphatic carbocycles. The minimum absolute atomic E-state index is 0.00293. The zero-order valence-electron chi connectivity index (χ0n) is 14.2. The standard InChI is InChI=1S/C18H24N4O2/c1-3-4-5-10-17(23)20-15-8-6-9-16(13-15)21-18(24)14(2)22-12-7-11-19-22/h6-9,11-14H,3-5,10H2,1-2H3,(H,20,23)(H,21,24). The molecule has 2 rings (SSSR count). The van der Waals surface area contributed by atoms with Crippen molar-refractivity contribution >= 4 is 23.2 Å². The Morgan fingerprint density at radius 3 is 2.58 bits per heavy atom. The van der Waals surface area contributed by atoms with Gasteiger partial charge in [-0.3, -0.25) is 14.3 Å². The van der Waals surface area contributed by atoms with Crippen LogP contribution < -0.4 is 10.6 Å². The molecule has 24 heavy (non-hydrogen) atoms. The predicted octanol–water partition coefficient (Wildman–Crippen LogP) is 3.60. The second-order valence-corrected chi connectivity index (χ2v) is 5.74. The first-order valence-corrected chi connectivity index (χ1v) is 8.30. The third kappa shape index (κ3) is 5.22. The molecule has 2 amide bonds. The fourth-order valence-corrected chi connectivity index (χ4v) is 2.31. The molecule has 1 heterocycles. The summed E-state index contributed by atoms with van der Waals surface area (Å²) in [5.41, 5.74) is 1.33. The van der Waals surface area contributed by atoms with Crippen LogP contribution in [-0.2, 0) is 9.59 Å². The highest BCUT2D eigenvalue weighted by atomic mass is 16.2. The normalized spacial score (nSPS) is 11.8. The van der Waals surface area contributed by atoms with Crippen LogP contribution in [0.25, 0.3) is 0 Å².